The molecule has 0 saturated carbocycles. The predicted octanol–water partition coefficient (Wildman–Crippen LogP) is 2.32. The van der Waals surface area contributed by atoms with E-state index in [4.69, 9.17) is 21.1 Å². The molecular weight excluding hydrogens is 512 g/mol. The molecular formula is C29H50N6O5. The Balaban J connectivity index is 2.87. The number of hydrogen-bond acceptors (Lipinski definition) is 10. The maximum absolute atomic E-state index is 12.7. The quantitative estimate of drug-likeness (QED) is 0.0479. The molecule has 0 radical (unpaired) electrons. The molecule has 40 heavy (non-hydrogen) atoms. The molecule has 0 aliphatic carbocycles. The summed E-state index contributed by atoms with van der Waals surface area (Å²) in [5.74, 6) is 4.32. The molecule has 4 unspecified atom stereocenters. The molecule has 226 valence electrons. The summed E-state index contributed by atoms with van der Waals surface area (Å²) in [6.45, 7) is 7.55. The standard InChI is InChI=1S/C29H50N6O5/c1-6-7-16-34(4)23(3)28(33-21-36)24(20-40-29(38)22(2)27(37)14-18-39-5)12-9-11-17-35(31)19-25(30)26-13-8-10-15-32-26/h8,10,13,15,19,21-24,28H,6-7,9,11-12,14,16-18,20,30-31H2,1-5H3,(H,33,36)/b25-19-. The number of rotatable bonds is 22. The van der Waals surface area contributed by atoms with Gasteiger partial charge < -0.3 is 30.4 Å². The van der Waals surface area contributed by atoms with Gasteiger partial charge in [0.05, 0.1) is 24.6 Å². The Kier molecular flexibility index (Phi) is 17.5. The monoisotopic (exact) mass is 562 g/mol. The average molecular weight is 563 g/mol. The van der Waals surface area contributed by atoms with Gasteiger partial charge in [-0.25, -0.2) is 5.84 Å². The summed E-state index contributed by atoms with van der Waals surface area (Å²) < 4.78 is 10.6. The number of nitrogens with one attached hydrogen (secondary N) is 1. The van der Waals surface area contributed by atoms with E-state index in [-0.39, 0.29) is 43.4 Å². The third-order valence-electron chi connectivity index (χ3n) is 7.18. The van der Waals surface area contributed by atoms with E-state index < -0.39 is 11.9 Å². The maximum Gasteiger partial charge on any atom is 0.316 e. The van der Waals surface area contributed by atoms with Crippen molar-refractivity contribution in [1.29, 1.82) is 0 Å². The smallest absolute Gasteiger partial charge is 0.316 e. The van der Waals surface area contributed by atoms with E-state index in [1.165, 1.54) is 12.1 Å². The van der Waals surface area contributed by atoms with Gasteiger partial charge in [-0.1, -0.05) is 25.8 Å². The molecule has 11 nitrogen and oxygen atoms in total. The Morgan fingerprint density at radius 3 is 2.55 bits per heavy atom. The predicted molar refractivity (Wildman–Crippen MR) is 156 cm³/mol. The Labute approximate surface area is 239 Å². The Bertz CT molecular complexity index is 900. The first-order valence-corrected chi connectivity index (χ1v) is 14.1. The average Bonchev–Trinajstić information content (AvgIpc) is 2.96. The van der Waals surface area contributed by atoms with E-state index in [2.05, 4.69) is 29.0 Å². The minimum Gasteiger partial charge on any atom is -0.465 e. The number of aromatic nitrogens is 1. The summed E-state index contributed by atoms with van der Waals surface area (Å²) in [6.07, 6.45) is 8.50. The molecule has 1 aromatic heterocycles. The van der Waals surface area contributed by atoms with Gasteiger partial charge >= 0.3 is 5.97 Å². The zero-order valence-corrected chi connectivity index (χ0v) is 24.9. The molecule has 0 fully saturated rings. The van der Waals surface area contributed by atoms with Gasteiger partial charge in [0, 0.05) is 50.5 Å². The van der Waals surface area contributed by atoms with Crippen molar-refractivity contribution in [3.05, 3.63) is 36.3 Å². The van der Waals surface area contributed by atoms with Crippen LogP contribution in [0.25, 0.3) is 5.70 Å². The van der Waals surface area contributed by atoms with Crippen molar-refractivity contribution in [2.24, 2.45) is 23.4 Å². The zero-order chi connectivity index (χ0) is 29.9. The number of ketones is 1. The molecule has 0 spiro atoms. The van der Waals surface area contributed by atoms with Crippen LogP contribution in [0.5, 0.6) is 0 Å². The highest BCUT2D eigenvalue weighted by Crippen LogP contribution is 2.21. The van der Waals surface area contributed by atoms with Crippen LogP contribution in [0, 0.1) is 11.8 Å². The van der Waals surface area contributed by atoms with E-state index >= 15 is 0 Å². The van der Waals surface area contributed by atoms with Crippen LogP contribution < -0.4 is 16.9 Å². The van der Waals surface area contributed by atoms with Crippen LogP contribution in [0.2, 0.25) is 0 Å². The number of amides is 1. The fraction of sp³-hybridized carbons (Fsp3) is 0.655. The molecule has 0 aromatic carbocycles. The molecule has 5 N–H and O–H groups in total. The number of carbonyl (C=O) groups is 3. The molecule has 1 amide bonds. The normalized spacial score (nSPS) is 14.7. The third-order valence-corrected chi connectivity index (χ3v) is 7.18. The van der Waals surface area contributed by atoms with E-state index in [9.17, 15) is 14.4 Å². The van der Waals surface area contributed by atoms with Crippen LogP contribution in [-0.2, 0) is 23.9 Å². The highest BCUT2D eigenvalue weighted by Gasteiger charge is 2.31. The second-order valence-electron chi connectivity index (χ2n) is 10.2. The molecule has 1 rings (SSSR count). The van der Waals surface area contributed by atoms with E-state index in [1.54, 1.807) is 19.3 Å². The molecule has 0 aliphatic rings. The minimum absolute atomic E-state index is 0.00771. The van der Waals surface area contributed by atoms with Gasteiger partial charge in [0.15, 0.2) is 0 Å². The number of hydrogen-bond donors (Lipinski definition) is 3. The number of hydrazine groups is 1. The lowest BCUT2D eigenvalue weighted by Gasteiger charge is -2.36. The number of nitrogens with zero attached hydrogens (tertiary/aromatic N) is 3. The lowest BCUT2D eigenvalue weighted by molar-refractivity contribution is -0.153. The Morgan fingerprint density at radius 2 is 1.93 bits per heavy atom. The first-order valence-electron chi connectivity index (χ1n) is 14.1. The highest BCUT2D eigenvalue weighted by molar-refractivity contribution is 5.98. The molecule has 1 heterocycles. The van der Waals surface area contributed by atoms with Crippen LogP contribution in [0.4, 0.5) is 0 Å². The molecule has 0 bridgehead atoms. The molecule has 11 heteroatoms. The highest BCUT2D eigenvalue weighted by atomic mass is 16.5. The van der Waals surface area contributed by atoms with Crippen LogP contribution in [0.15, 0.2) is 30.6 Å². The summed E-state index contributed by atoms with van der Waals surface area (Å²) in [4.78, 5) is 43.0. The van der Waals surface area contributed by atoms with Gasteiger partial charge in [-0.05, 0) is 58.8 Å². The summed E-state index contributed by atoms with van der Waals surface area (Å²) >= 11 is 0. The number of carbonyl (C=O) groups excluding carboxylic acids is 3. The second-order valence-corrected chi connectivity index (χ2v) is 10.2. The third kappa shape index (κ3) is 12.9. The van der Waals surface area contributed by atoms with E-state index in [0.717, 1.165) is 32.2 Å². The summed E-state index contributed by atoms with van der Waals surface area (Å²) in [5.41, 5.74) is 7.23. The summed E-state index contributed by atoms with van der Waals surface area (Å²) in [6, 6.07) is 5.25. The SMILES string of the molecule is CCCCN(C)C(C)C(NC=O)C(CCCCN(N)/C=C(\N)c1ccccn1)COC(=O)C(C)C(=O)CCOC. The summed E-state index contributed by atoms with van der Waals surface area (Å²) in [5, 5.41) is 4.51. The van der Waals surface area contributed by atoms with Gasteiger partial charge in [-0.2, -0.15) is 0 Å². The van der Waals surface area contributed by atoms with Gasteiger partial charge in [0.1, 0.15) is 11.7 Å². The van der Waals surface area contributed by atoms with Crippen molar-refractivity contribution < 1.29 is 23.9 Å². The largest absolute Gasteiger partial charge is 0.465 e. The number of ether oxygens (including phenoxy) is 2. The Hall–Kier alpha value is -3.02. The number of likely N-dealkylation sites (N-methyl/N-ethyl adjacent to an activating group) is 1. The van der Waals surface area contributed by atoms with Crippen molar-refractivity contribution >= 4 is 23.9 Å². The van der Waals surface area contributed by atoms with Crippen molar-refractivity contribution in [1.82, 2.24) is 20.2 Å². The number of unbranched alkanes of at least 4 members (excludes halogenated alkanes) is 2. The number of nitrogens with two attached hydrogens (primary N) is 2. The van der Waals surface area contributed by atoms with E-state index in [0.29, 0.717) is 30.8 Å². The molecule has 4 atom stereocenters. The lowest BCUT2D eigenvalue weighted by atomic mass is 9.89. The number of Topliss-reactive ketones (excluding diaryl/α,β-unsaturated/α-hetero) is 1. The first-order chi connectivity index (χ1) is 19.2. The van der Waals surface area contributed by atoms with Crippen LogP contribution in [0.1, 0.15) is 65.0 Å². The summed E-state index contributed by atoms with van der Waals surface area (Å²) in [7, 11) is 3.54. The van der Waals surface area contributed by atoms with Crippen molar-refractivity contribution in [2.45, 2.75) is 71.4 Å². The van der Waals surface area contributed by atoms with Gasteiger partial charge in [-0.15, -0.1) is 0 Å². The lowest BCUT2D eigenvalue weighted by Crippen LogP contribution is -2.52. The number of pyridine rings is 1. The number of esters is 1. The Morgan fingerprint density at radius 1 is 1.18 bits per heavy atom. The first kappa shape index (κ1) is 35.0. The fourth-order valence-electron chi connectivity index (χ4n) is 4.41. The van der Waals surface area contributed by atoms with Gasteiger partial charge in [-0.3, -0.25) is 19.4 Å². The van der Waals surface area contributed by atoms with Crippen molar-refractivity contribution in [3.8, 4) is 0 Å². The van der Waals surface area contributed by atoms with Crippen LogP contribution in [0.3, 0.4) is 0 Å². The van der Waals surface area contributed by atoms with Crippen LogP contribution >= 0.6 is 0 Å². The van der Waals surface area contributed by atoms with Crippen molar-refractivity contribution in [3.63, 3.8) is 0 Å². The molecule has 0 saturated heterocycles. The maximum atomic E-state index is 12.7. The zero-order valence-electron chi connectivity index (χ0n) is 24.9. The van der Waals surface area contributed by atoms with Crippen molar-refractivity contribution in [2.75, 3.05) is 40.5 Å². The van der Waals surface area contributed by atoms with Crippen LogP contribution in [-0.4, -0.2) is 85.6 Å². The molecule has 0 aliphatic heterocycles. The fourth-order valence-corrected chi connectivity index (χ4v) is 4.41. The second kappa shape index (κ2) is 19.9. The van der Waals surface area contributed by atoms with Gasteiger partial charge in [0.25, 0.3) is 0 Å². The van der Waals surface area contributed by atoms with E-state index in [1.807, 2.05) is 25.2 Å². The van der Waals surface area contributed by atoms with Gasteiger partial charge in [0.2, 0.25) is 6.41 Å². The number of methoxy groups -OCH3 is 1. The topological polar surface area (TPSA) is 153 Å². The molecule has 1 aromatic rings. The minimum atomic E-state index is -0.875.